The molecule has 0 bridgehead atoms. The van der Waals surface area contributed by atoms with Gasteiger partial charge in [-0.1, -0.05) is 71.7 Å². The summed E-state index contributed by atoms with van der Waals surface area (Å²) in [5, 5.41) is 3.24. The quantitative estimate of drug-likeness (QED) is 0.396. The lowest BCUT2D eigenvalue weighted by molar-refractivity contribution is 0.0901. The molecular weight excluding hydrogens is 483 g/mol. The maximum atomic E-state index is 12.4. The second kappa shape index (κ2) is 11.5. The molecule has 3 aromatic rings. The van der Waals surface area contributed by atoms with Crippen LogP contribution in [0.2, 0.25) is 10.0 Å². The molecule has 1 N–H and O–H groups in total. The highest BCUT2D eigenvalue weighted by molar-refractivity contribution is 7.92. The molecule has 0 unspecified atom stereocenters. The summed E-state index contributed by atoms with van der Waals surface area (Å²) in [7, 11) is -3.62. The standard InChI is InChI=1S/C24H24Cl2N2O4S/c1-33(30,31)28(22-9-5-8-21(25)23(22)26)16-18-10-12-20(13-11-18)24(29)27-14-15-32-17-19-6-3-2-4-7-19/h2-13H,14-17H2,1H3,(H,27,29). The first kappa shape index (κ1) is 25.1. The van der Waals surface area contributed by atoms with Gasteiger partial charge in [-0.25, -0.2) is 8.42 Å². The van der Waals surface area contributed by atoms with E-state index >= 15 is 0 Å². The Kier molecular flexibility index (Phi) is 8.74. The highest BCUT2D eigenvalue weighted by Crippen LogP contribution is 2.34. The Morgan fingerprint density at radius 2 is 1.64 bits per heavy atom. The Morgan fingerprint density at radius 3 is 2.30 bits per heavy atom. The third kappa shape index (κ3) is 7.20. The number of amides is 1. The minimum Gasteiger partial charge on any atom is -0.375 e. The van der Waals surface area contributed by atoms with Gasteiger partial charge in [0.05, 0.1) is 41.7 Å². The van der Waals surface area contributed by atoms with Gasteiger partial charge < -0.3 is 10.1 Å². The molecule has 0 heterocycles. The van der Waals surface area contributed by atoms with Gasteiger partial charge in [-0.2, -0.15) is 0 Å². The number of ether oxygens (including phenoxy) is 1. The number of anilines is 1. The lowest BCUT2D eigenvalue weighted by Crippen LogP contribution is -2.30. The number of hydrogen-bond donors (Lipinski definition) is 1. The van der Waals surface area contributed by atoms with Crippen molar-refractivity contribution in [3.63, 3.8) is 0 Å². The molecule has 33 heavy (non-hydrogen) atoms. The van der Waals surface area contributed by atoms with Gasteiger partial charge in [0.15, 0.2) is 0 Å². The zero-order valence-electron chi connectivity index (χ0n) is 18.0. The third-order valence-electron chi connectivity index (χ3n) is 4.79. The molecule has 0 radical (unpaired) electrons. The average Bonchev–Trinajstić information content (AvgIpc) is 2.79. The van der Waals surface area contributed by atoms with E-state index in [-0.39, 0.29) is 22.5 Å². The molecule has 0 atom stereocenters. The SMILES string of the molecule is CS(=O)(=O)N(Cc1ccc(C(=O)NCCOCc2ccccc2)cc1)c1cccc(Cl)c1Cl. The van der Waals surface area contributed by atoms with Gasteiger partial charge in [-0.3, -0.25) is 9.10 Å². The molecule has 3 aromatic carbocycles. The minimum absolute atomic E-state index is 0.0497. The van der Waals surface area contributed by atoms with Gasteiger partial charge in [0.1, 0.15) is 0 Å². The minimum atomic E-state index is -3.62. The average molecular weight is 507 g/mol. The van der Waals surface area contributed by atoms with Gasteiger partial charge in [-0.15, -0.1) is 0 Å². The fourth-order valence-corrected chi connectivity index (χ4v) is 4.44. The monoisotopic (exact) mass is 506 g/mol. The van der Waals surface area contributed by atoms with E-state index in [1.54, 1.807) is 42.5 Å². The Hall–Kier alpha value is -2.58. The van der Waals surface area contributed by atoms with E-state index in [9.17, 15) is 13.2 Å². The molecule has 0 spiro atoms. The van der Waals surface area contributed by atoms with E-state index in [1.807, 2.05) is 30.3 Å². The molecule has 0 fully saturated rings. The number of carbonyl (C=O) groups excluding carboxylic acids is 1. The molecule has 1 amide bonds. The van der Waals surface area contributed by atoms with Crippen molar-refractivity contribution in [2.24, 2.45) is 0 Å². The predicted molar refractivity (Wildman–Crippen MR) is 132 cm³/mol. The van der Waals surface area contributed by atoms with Crippen molar-refractivity contribution in [2.45, 2.75) is 13.2 Å². The van der Waals surface area contributed by atoms with Gasteiger partial charge >= 0.3 is 0 Å². The highest BCUT2D eigenvalue weighted by atomic mass is 35.5. The Bertz CT molecular complexity index is 1190. The number of hydrogen-bond acceptors (Lipinski definition) is 4. The molecule has 3 rings (SSSR count). The van der Waals surface area contributed by atoms with Crippen LogP contribution in [0.5, 0.6) is 0 Å². The van der Waals surface area contributed by atoms with Crippen molar-refractivity contribution >= 4 is 44.8 Å². The van der Waals surface area contributed by atoms with Crippen molar-refractivity contribution in [1.82, 2.24) is 5.32 Å². The van der Waals surface area contributed by atoms with Crippen LogP contribution in [0.25, 0.3) is 0 Å². The molecule has 0 saturated carbocycles. The Morgan fingerprint density at radius 1 is 0.939 bits per heavy atom. The summed E-state index contributed by atoms with van der Waals surface area (Å²) in [4.78, 5) is 12.4. The van der Waals surface area contributed by atoms with E-state index in [1.165, 1.54) is 4.31 Å². The van der Waals surface area contributed by atoms with E-state index in [4.69, 9.17) is 27.9 Å². The van der Waals surface area contributed by atoms with Gasteiger partial charge in [0, 0.05) is 12.1 Å². The second-order valence-electron chi connectivity index (χ2n) is 7.33. The summed E-state index contributed by atoms with van der Waals surface area (Å²) in [6, 6.07) is 21.3. The molecule has 9 heteroatoms. The molecular formula is C24H24Cl2N2O4S. The molecule has 0 aliphatic rings. The first-order chi connectivity index (χ1) is 15.8. The molecule has 0 aliphatic carbocycles. The molecule has 0 aromatic heterocycles. The maximum absolute atomic E-state index is 12.4. The van der Waals surface area contributed by atoms with Crippen molar-refractivity contribution in [1.29, 1.82) is 0 Å². The van der Waals surface area contributed by atoms with Gasteiger partial charge in [-0.05, 0) is 35.4 Å². The van der Waals surface area contributed by atoms with Crippen LogP contribution in [0, 0.1) is 0 Å². The van der Waals surface area contributed by atoms with Crippen molar-refractivity contribution in [3.8, 4) is 0 Å². The van der Waals surface area contributed by atoms with Crippen molar-refractivity contribution in [3.05, 3.63) is 99.5 Å². The van der Waals surface area contributed by atoms with Crippen molar-refractivity contribution in [2.75, 3.05) is 23.7 Å². The van der Waals surface area contributed by atoms with E-state index in [0.29, 0.717) is 36.6 Å². The number of nitrogens with zero attached hydrogens (tertiary/aromatic N) is 1. The highest BCUT2D eigenvalue weighted by Gasteiger charge is 2.21. The first-order valence-electron chi connectivity index (χ1n) is 10.2. The Labute approximate surface area is 204 Å². The lowest BCUT2D eigenvalue weighted by Gasteiger charge is -2.24. The van der Waals surface area contributed by atoms with Crippen LogP contribution in [0.1, 0.15) is 21.5 Å². The number of rotatable bonds is 10. The van der Waals surface area contributed by atoms with Crippen LogP contribution >= 0.6 is 23.2 Å². The van der Waals surface area contributed by atoms with Crippen molar-refractivity contribution < 1.29 is 17.9 Å². The summed E-state index contributed by atoms with van der Waals surface area (Å²) < 4.78 is 31.5. The van der Waals surface area contributed by atoms with Gasteiger partial charge in [0.25, 0.3) is 5.91 Å². The first-order valence-corrected chi connectivity index (χ1v) is 12.8. The summed E-state index contributed by atoms with van der Waals surface area (Å²) in [6.07, 6.45) is 1.10. The molecule has 0 saturated heterocycles. The third-order valence-corrected chi connectivity index (χ3v) is 6.72. The smallest absolute Gasteiger partial charge is 0.251 e. The fraction of sp³-hybridized carbons (Fsp3) is 0.208. The van der Waals surface area contributed by atoms with E-state index in [2.05, 4.69) is 5.32 Å². The van der Waals surface area contributed by atoms with Crippen LogP contribution in [0.15, 0.2) is 72.8 Å². The van der Waals surface area contributed by atoms with E-state index < -0.39 is 10.0 Å². The molecule has 0 aliphatic heterocycles. The normalized spacial score (nSPS) is 11.2. The van der Waals surface area contributed by atoms with E-state index in [0.717, 1.165) is 11.8 Å². The zero-order chi connectivity index (χ0) is 23.8. The van der Waals surface area contributed by atoms with Gasteiger partial charge in [0.2, 0.25) is 10.0 Å². The lowest BCUT2D eigenvalue weighted by atomic mass is 10.1. The number of carbonyl (C=O) groups is 1. The number of sulfonamides is 1. The molecule has 6 nitrogen and oxygen atoms in total. The van der Waals surface area contributed by atoms with Crippen LogP contribution in [-0.4, -0.2) is 33.7 Å². The second-order valence-corrected chi connectivity index (χ2v) is 10.0. The maximum Gasteiger partial charge on any atom is 0.251 e. The predicted octanol–water partition coefficient (Wildman–Crippen LogP) is 4.91. The summed E-state index contributed by atoms with van der Waals surface area (Å²) in [6.45, 7) is 1.30. The largest absolute Gasteiger partial charge is 0.375 e. The van der Waals surface area contributed by atoms with Crippen LogP contribution in [0.4, 0.5) is 5.69 Å². The number of benzene rings is 3. The summed E-state index contributed by atoms with van der Waals surface area (Å²) >= 11 is 12.3. The van der Waals surface area contributed by atoms with Crippen LogP contribution < -0.4 is 9.62 Å². The zero-order valence-corrected chi connectivity index (χ0v) is 20.3. The molecule has 174 valence electrons. The summed E-state index contributed by atoms with van der Waals surface area (Å²) in [5.74, 6) is -0.234. The van der Waals surface area contributed by atoms with Crippen LogP contribution in [-0.2, 0) is 27.9 Å². The number of nitrogens with one attached hydrogen (secondary N) is 1. The topological polar surface area (TPSA) is 75.7 Å². The fourth-order valence-electron chi connectivity index (χ4n) is 3.10. The summed E-state index contributed by atoms with van der Waals surface area (Å²) in [5.41, 5.74) is 2.53. The van der Waals surface area contributed by atoms with Crippen LogP contribution in [0.3, 0.4) is 0 Å². The Balaban J connectivity index is 1.57. The number of halogens is 2.